The first kappa shape index (κ1) is 15.0. The lowest BCUT2D eigenvalue weighted by Gasteiger charge is -2.30. The number of amides is 1. The zero-order valence-electron chi connectivity index (χ0n) is 12.1. The summed E-state index contributed by atoms with van der Waals surface area (Å²) in [4.78, 5) is 25.0. The van der Waals surface area contributed by atoms with E-state index in [2.05, 4.69) is 20.8 Å². The summed E-state index contributed by atoms with van der Waals surface area (Å²) in [6.45, 7) is 10.8. The number of aliphatic carboxylic acids is 1. The number of carbonyl (C=O) groups is 2. The van der Waals surface area contributed by atoms with E-state index in [0.717, 1.165) is 6.42 Å². The molecule has 0 radical (unpaired) electrons. The van der Waals surface area contributed by atoms with Crippen molar-refractivity contribution in [3.05, 3.63) is 0 Å². The molecule has 4 nitrogen and oxygen atoms in total. The average molecular weight is 255 g/mol. The van der Waals surface area contributed by atoms with E-state index in [1.165, 1.54) is 0 Å². The van der Waals surface area contributed by atoms with Gasteiger partial charge in [-0.2, -0.15) is 0 Å². The molecule has 0 aliphatic carbocycles. The van der Waals surface area contributed by atoms with Crippen LogP contribution in [0.3, 0.4) is 0 Å². The molecule has 0 bridgehead atoms. The minimum atomic E-state index is -0.878. The molecule has 18 heavy (non-hydrogen) atoms. The number of hydrogen-bond acceptors (Lipinski definition) is 2. The lowest BCUT2D eigenvalue weighted by Crippen LogP contribution is -2.43. The van der Waals surface area contributed by atoms with E-state index in [4.69, 9.17) is 0 Å². The number of carbonyl (C=O) groups excluding carboxylic acids is 1. The normalized spacial score (nSPS) is 26.2. The van der Waals surface area contributed by atoms with E-state index in [1.807, 2.05) is 13.8 Å². The van der Waals surface area contributed by atoms with Crippen molar-refractivity contribution in [3.63, 3.8) is 0 Å². The van der Waals surface area contributed by atoms with E-state index in [0.29, 0.717) is 13.0 Å². The van der Waals surface area contributed by atoms with E-state index in [-0.39, 0.29) is 23.2 Å². The molecular weight excluding hydrogens is 230 g/mol. The first-order valence-electron chi connectivity index (χ1n) is 6.67. The number of carboxylic acids is 1. The van der Waals surface area contributed by atoms with Crippen molar-refractivity contribution < 1.29 is 14.7 Å². The highest BCUT2D eigenvalue weighted by atomic mass is 16.4. The molecule has 1 N–H and O–H groups in total. The average Bonchev–Trinajstić information content (AvgIpc) is 2.58. The van der Waals surface area contributed by atoms with Crippen LogP contribution in [0, 0.1) is 17.3 Å². The van der Waals surface area contributed by atoms with Crippen molar-refractivity contribution in [1.82, 2.24) is 4.90 Å². The molecule has 0 aromatic heterocycles. The van der Waals surface area contributed by atoms with Crippen LogP contribution in [0.4, 0.5) is 0 Å². The molecule has 0 spiro atoms. The Morgan fingerprint density at radius 1 is 1.39 bits per heavy atom. The van der Waals surface area contributed by atoms with Crippen LogP contribution in [0.1, 0.15) is 47.5 Å². The Kier molecular flexibility index (Phi) is 4.41. The largest absolute Gasteiger partial charge is 0.480 e. The maximum Gasteiger partial charge on any atom is 0.326 e. The summed E-state index contributed by atoms with van der Waals surface area (Å²) in [5, 5.41) is 9.20. The van der Waals surface area contributed by atoms with E-state index >= 15 is 0 Å². The number of nitrogens with zero attached hydrogens (tertiary/aromatic N) is 1. The molecule has 0 aromatic rings. The van der Waals surface area contributed by atoms with Crippen LogP contribution >= 0.6 is 0 Å². The van der Waals surface area contributed by atoms with Gasteiger partial charge in [0, 0.05) is 13.0 Å². The molecule has 4 heteroatoms. The lowest BCUT2D eigenvalue weighted by molar-refractivity contribution is -0.150. The molecule has 1 amide bonds. The number of likely N-dealkylation sites (tertiary alicyclic amines) is 1. The van der Waals surface area contributed by atoms with E-state index in [9.17, 15) is 14.7 Å². The predicted molar refractivity (Wildman–Crippen MR) is 70.2 cm³/mol. The second-order valence-corrected chi connectivity index (χ2v) is 6.61. The summed E-state index contributed by atoms with van der Waals surface area (Å²) in [6, 6.07) is -0.635. The van der Waals surface area contributed by atoms with Crippen LogP contribution < -0.4 is 0 Å². The SMILES string of the molecule is CC1CCN(C(=O)CC(C)C(C)(C)C)C1C(=O)O. The van der Waals surface area contributed by atoms with E-state index < -0.39 is 12.0 Å². The lowest BCUT2D eigenvalue weighted by atomic mass is 9.80. The first-order valence-corrected chi connectivity index (χ1v) is 6.67. The Labute approximate surface area is 109 Å². The second-order valence-electron chi connectivity index (χ2n) is 6.61. The molecule has 1 heterocycles. The monoisotopic (exact) mass is 255 g/mol. The highest BCUT2D eigenvalue weighted by Crippen LogP contribution is 2.31. The third-order valence-electron chi connectivity index (χ3n) is 4.23. The van der Waals surface area contributed by atoms with Gasteiger partial charge in [-0.05, 0) is 23.7 Å². The van der Waals surface area contributed by atoms with Gasteiger partial charge in [0.2, 0.25) is 5.91 Å². The van der Waals surface area contributed by atoms with Crippen LogP contribution in [0.25, 0.3) is 0 Å². The Morgan fingerprint density at radius 3 is 2.39 bits per heavy atom. The number of hydrogen-bond donors (Lipinski definition) is 1. The molecule has 1 aliphatic heterocycles. The first-order chi connectivity index (χ1) is 8.14. The van der Waals surface area contributed by atoms with Gasteiger partial charge in [-0.15, -0.1) is 0 Å². The van der Waals surface area contributed by atoms with Gasteiger partial charge >= 0.3 is 5.97 Å². The van der Waals surface area contributed by atoms with Crippen molar-refractivity contribution in [2.45, 2.75) is 53.5 Å². The molecular formula is C14H25NO3. The van der Waals surface area contributed by atoms with Gasteiger partial charge in [-0.3, -0.25) is 4.79 Å². The molecule has 0 aromatic carbocycles. The van der Waals surface area contributed by atoms with Crippen molar-refractivity contribution in [3.8, 4) is 0 Å². The number of carboxylic acid groups (broad SMARTS) is 1. The minimum Gasteiger partial charge on any atom is -0.480 e. The fourth-order valence-electron chi connectivity index (χ4n) is 2.29. The molecule has 1 saturated heterocycles. The molecule has 1 aliphatic rings. The fourth-order valence-corrected chi connectivity index (χ4v) is 2.29. The van der Waals surface area contributed by atoms with Gasteiger partial charge in [-0.1, -0.05) is 34.6 Å². The zero-order chi connectivity index (χ0) is 14.1. The van der Waals surface area contributed by atoms with Gasteiger partial charge in [-0.25, -0.2) is 4.79 Å². The Hall–Kier alpha value is -1.06. The van der Waals surface area contributed by atoms with E-state index in [1.54, 1.807) is 4.90 Å². The summed E-state index contributed by atoms with van der Waals surface area (Å²) < 4.78 is 0. The Balaban J connectivity index is 2.70. The van der Waals surface area contributed by atoms with Crippen molar-refractivity contribution in [2.75, 3.05) is 6.54 Å². The summed E-state index contributed by atoms with van der Waals surface area (Å²) >= 11 is 0. The van der Waals surface area contributed by atoms with Crippen LogP contribution in [-0.4, -0.2) is 34.5 Å². The molecule has 1 fully saturated rings. The highest BCUT2D eigenvalue weighted by Gasteiger charge is 2.40. The smallest absolute Gasteiger partial charge is 0.326 e. The predicted octanol–water partition coefficient (Wildman–Crippen LogP) is 2.38. The number of rotatable bonds is 3. The van der Waals surface area contributed by atoms with Crippen molar-refractivity contribution in [1.29, 1.82) is 0 Å². The van der Waals surface area contributed by atoms with Crippen LogP contribution in [-0.2, 0) is 9.59 Å². The third kappa shape index (κ3) is 3.24. The molecule has 104 valence electrons. The van der Waals surface area contributed by atoms with Gasteiger partial charge in [0.05, 0.1) is 0 Å². The van der Waals surface area contributed by atoms with Crippen LogP contribution in [0.2, 0.25) is 0 Å². The molecule has 3 unspecified atom stereocenters. The summed E-state index contributed by atoms with van der Waals surface area (Å²) in [6.07, 6.45) is 1.21. The van der Waals surface area contributed by atoms with Crippen molar-refractivity contribution in [2.24, 2.45) is 17.3 Å². The molecule has 0 saturated carbocycles. The highest BCUT2D eigenvalue weighted by molar-refractivity contribution is 5.84. The Bertz CT molecular complexity index is 332. The molecule has 3 atom stereocenters. The van der Waals surface area contributed by atoms with Gasteiger partial charge in [0.15, 0.2) is 0 Å². The third-order valence-corrected chi connectivity index (χ3v) is 4.23. The molecule has 1 rings (SSSR count). The standard InChI is InChI=1S/C14H25NO3/c1-9-6-7-15(12(9)13(17)18)11(16)8-10(2)14(3,4)5/h9-10,12H,6-8H2,1-5H3,(H,17,18). The fraction of sp³-hybridized carbons (Fsp3) is 0.857. The van der Waals surface area contributed by atoms with Gasteiger partial charge in [0.25, 0.3) is 0 Å². The van der Waals surface area contributed by atoms with Crippen LogP contribution in [0.15, 0.2) is 0 Å². The van der Waals surface area contributed by atoms with Gasteiger partial charge < -0.3 is 10.0 Å². The summed E-state index contributed by atoms with van der Waals surface area (Å²) in [5.74, 6) is -0.599. The maximum absolute atomic E-state index is 12.2. The topological polar surface area (TPSA) is 57.6 Å². The van der Waals surface area contributed by atoms with Crippen LogP contribution in [0.5, 0.6) is 0 Å². The summed E-state index contributed by atoms with van der Waals surface area (Å²) in [5.41, 5.74) is 0.0692. The summed E-state index contributed by atoms with van der Waals surface area (Å²) in [7, 11) is 0. The minimum absolute atomic E-state index is 0.0193. The second kappa shape index (κ2) is 5.29. The zero-order valence-corrected chi connectivity index (χ0v) is 12.1. The maximum atomic E-state index is 12.2. The quantitative estimate of drug-likeness (QED) is 0.842. The van der Waals surface area contributed by atoms with Crippen molar-refractivity contribution >= 4 is 11.9 Å². The van der Waals surface area contributed by atoms with Gasteiger partial charge in [0.1, 0.15) is 6.04 Å². The Morgan fingerprint density at radius 2 is 1.94 bits per heavy atom.